The fraction of sp³-hybridized carbons (Fsp3) is 0.235. The Morgan fingerprint density at radius 3 is 2.54 bits per heavy atom. The van der Waals surface area contributed by atoms with Crippen LogP contribution < -0.4 is 5.32 Å². The highest BCUT2D eigenvalue weighted by molar-refractivity contribution is 5.95. The normalized spacial score (nSPS) is 12.5. The number of benzene rings is 2. The van der Waals surface area contributed by atoms with Crippen molar-refractivity contribution in [3.8, 4) is 0 Å². The summed E-state index contributed by atoms with van der Waals surface area (Å²) in [6.07, 6.45) is -5.87. The standard InChI is InChI=1S/C17H15F3N2O4/c1-10-7-13(22(25)26)5-6-14(10)16(24)21-9-15(23)11-3-2-4-12(8-11)17(18,19)20/h2-8,15,23H,9H2,1H3,(H,21,24). The molecule has 0 radical (unpaired) electrons. The van der Waals surface area contributed by atoms with Gasteiger partial charge in [0.1, 0.15) is 0 Å². The number of aliphatic hydroxyl groups excluding tert-OH is 1. The van der Waals surface area contributed by atoms with Crippen LogP contribution in [0.15, 0.2) is 42.5 Å². The lowest BCUT2D eigenvalue weighted by molar-refractivity contribution is -0.384. The van der Waals surface area contributed by atoms with E-state index in [0.29, 0.717) is 5.56 Å². The van der Waals surface area contributed by atoms with E-state index in [-0.39, 0.29) is 23.4 Å². The van der Waals surface area contributed by atoms with Crippen LogP contribution in [0, 0.1) is 17.0 Å². The third kappa shape index (κ3) is 4.57. The second kappa shape index (κ2) is 7.52. The van der Waals surface area contributed by atoms with Gasteiger partial charge in [0.15, 0.2) is 0 Å². The maximum Gasteiger partial charge on any atom is 0.416 e. The number of nitrogens with one attached hydrogen (secondary N) is 1. The minimum absolute atomic E-state index is 0.0144. The third-order valence-electron chi connectivity index (χ3n) is 3.72. The summed E-state index contributed by atoms with van der Waals surface area (Å²) in [6.45, 7) is 1.21. The molecule has 0 aromatic heterocycles. The van der Waals surface area contributed by atoms with Crippen LogP contribution in [0.5, 0.6) is 0 Å². The number of hydrogen-bond donors (Lipinski definition) is 2. The number of carbonyl (C=O) groups is 1. The van der Waals surface area contributed by atoms with Crippen molar-refractivity contribution in [3.05, 3.63) is 74.8 Å². The SMILES string of the molecule is Cc1cc([N+](=O)[O-])ccc1C(=O)NCC(O)c1cccc(C(F)(F)F)c1. The number of halogens is 3. The van der Waals surface area contributed by atoms with E-state index in [1.807, 2.05) is 0 Å². The number of nitrogens with zero attached hydrogens (tertiary/aromatic N) is 1. The molecule has 0 saturated heterocycles. The topological polar surface area (TPSA) is 92.5 Å². The molecule has 138 valence electrons. The first-order valence-electron chi connectivity index (χ1n) is 7.48. The largest absolute Gasteiger partial charge is 0.416 e. The average Bonchev–Trinajstić information content (AvgIpc) is 2.58. The molecule has 0 bridgehead atoms. The second-order valence-corrected chi connectivity index (χ2v) is 5.61. The maximum atomic E-state index is 12.7. The fourth-order valence-electron chi connectivity index (χ4n) is 2.34. The van der Waals surface area contributed by atoms with Gasteiger partial charge in [-0.15, -0.1) is 0 Å². The summed E-state index contributed by atoms with van der Waals surface area (Å²) in [5, 5.41) is 23.1. The zero-order chi connectivity index (χ0) is 19.5. The van der Waals surface area contributed by atoms with Gasteiger partial charge in [-0.25, -0.2) is 0 Å². The van der Waals surface area contributed by atoms with Crippen molar-refractivity contribution in [2.75, 3.05) is 6.54 Å². The number of hydrogen-bond acceptors (Lipinski definition) is 4. The van der Waals surface area contributed by atoms with Crippen LogP contribution in [-0.4, -0.2) is 22.5 Å². The van der Waals surface area contributed by atoms with Gasteiger partial charge in [0.25, 0.3) is 11.6 Å². The Kier molecular flexibility index (Phi) is 5.61. The molecule has 0 aliphatic heterocycles. The number of carbonyl (C=O) groups excluding carboxylic acids is 1. The molecule has 0 fully saturated rings. The zero-order valence-electron chi connectivity index (χ0n) is 13.6. The highest BCUT2D eigenvalue weighted by atomic mass is 19.4. The van der Waals surface area contributed by atoms with Crippen molar-refractivity contribution < 1.29 is 28.0 Å². The van der Waals surface area contributed by atoms with E-state index in [2.05, 4.69) is 5.32 Å². The van der Waals surface area contributed by atoms with Crippen LogP contribution in [0.4, 0.5) is 18.9 Å². The van der Waals surface area contributed by atoms with Gasteiger partial charge < -0.3 is 10.4 Å². The Morgan fingerprint density at radius 1 is 1.27 bits per heavy atom. The number of amides is 1. The van der Waals surface area contributed by atoms with Gasteiger partial charge in [0.05, 0.1) is 16.6 Å². The van der Waals surface area contributed by atoms with Gasteiger partial charge in [-0.05, 0) is 36.2 Å². The molecule has 1 atom stereocenters. The first-order valence-corrected chi connectivity index (χ1v) is 7.48. The maximum absolute atomic E-state index is 12.7. The monoisotopic (exact) mass is 368 g/mol. The van der Waals surface area contributed by atoms with E-state index < -0.39 is 28.7 Å². The third-order valence-corrected chi connectivity index (χ3v) is 3.72. The average molecular weight is 368 g/mol. The number of nitro benzene ring substituents is 1. The molecule has 9 heteroatoms. The zero-order valence-corrected chi connectivity index (χ0v) is 13.6. The number of non-ortho nitro benzene ring substituents is 1. The number of aliphatic hydroxyl groups is 1. The van der Waals surface area contributed by atoms with Crippen molar-refractivity contribution in [1.82, 2.24) is 5.32 Å². The van der Waals surface area contributed by atoms with E-state index in [9.17, 15) is 33.2 Å². The van der Waals surface area contributed by atoms with Crippen LogP contribution >= 0.6 is 0 Å². The van der Waals surface area contributed by atoms with E-state index in [0.717, 1.165) is 12.1 Å². The van der Waals surface area contributed by atoms with Gasteiger partial charge in [-0.1, -0.05) is 12.1 Å². The van der Waals surface area contributed by atoms with Gasteiger partial charge in [-0.2, -0.15) is 13.2 Å². The van der Waals surface area contributed by atoms with Gasteiger partial charge in [0, 0.05) is 24.2 Å². The summed E-state index contributed by atoms with van der Waals surface area (Å²) in [7, 11) is 0. The predicted octanol–water partition coefficient (Wildman–Crippen LogP) is 3.39. The summed E-state index contributed by atoms with van der Waals surface area (Å²) in [5.74, 6) is -0.594. The van der Waals surface area contributed by atoms with E-state index >= 15 is 0 Å². The first-order chi connectivity index (χ1) is 12.1. The van der Waals surface area contributed by atoms with Crippen molar-refractivity contribution in [2.24, 2.45) is 0 Å². The molecular formula is C17H15F3N2O4. The highest BCUT2D eigenvalue weighted by Gasteiger charge is 2.30. The molecule has 2 aromatic carbocycles. The molecule has 26 heavy (non-hydrogen) atoms. The van der Waals surface area contributed by atoms with Crippen LogP contribution in [0.1, 0.15) is 33.2 Å². The van der Waals surface area contributed by atoms with E-state index in [4.69, 9.17) is 0 Å². The van der Waals surface area contributed by atoms with Crippen molar-refractivity contribution in [2.45, 2.75) is 19.2 Å². The first kappa shape index (κ1) is 19.4. The smallest absolute Gasteiger partial charge is 0.387 e. The highest BCUT2D eigenvalue weighted by Crippen LogP contribution is 2.30. The van der Waals surface area contributed by atoms with Crippen molar-refractivity contribution in [3.63, 3.8) is 0 Å². The molecule has 6 nitrogen and oxygen atoms in total. The van der Waals surface area contributed by atoms with Crippen LogP contribution in [0.3, 0.4) is 0 Å². The molecule has 0 saturated carbocycles. The second-order valence-electron chi connectivity index (χ2n) is 5.61. The Labute approximate surface area is 146 Å². The van der Waals surface area contributed by atoms with Crippen LogP contribution in [0.25, 0.3) is 0 Å². The number of rotatable bonds is 5. The lowest BCUT2D eigenvalue weighted by Crippen LogP contribution is -2.29. The molecule has 0 aliphatic carbocycles. The number of nitro groups is 1. The molecular weight excluding hydrogens is 353 g/mol. The Hall–Kier alpha value is -2.94. The lowest BCUT2D eigenvalue weighted by atomic mass is 10.0. The van der Waals surface area contributed by atoms with Gasteiger partial charge in [0.2, 0.25) is 0 Å². The minimum Gasteiger partial charge on any atom is -0.387 e. The van der Waals surface area contributed by atoms with E-state index in [1.165, 1.54) is 37.3 Å². The lowest BCUT2D eigenvalue weighted by Gasteiger charge is -2.15. The van der Waals surface area contributed by atoms with E-state index in [1.54, 1.807) is 0 Å². The molecule has 0 spiro atoms. The Morgan fingerprint density at radius 2 is 1.96 bits per heavy atom. The van der Waals surface area contributed by atoms with Crippen molar-refractivity contribution >= 4 is 11.6 Å². The van der Waals surface area contributed by atoms with Crippen LogP contribution in [0.2, 0.25) is 0 Å². The van der Waals surface area contributed by atoms with Crippen LogP contribution in [-0.2, 0) is 6.18 Å². The molecule has 0 heterocycles. The van der Waals surface area contributed by atoms with Gasteiger partial charge in [-0.3, -0.25) is 14.9 Å². The van der Waals surface area contributed by atoms with Crippen molar-refractivity contribution in [1.29, 1.82) is 0 Å². The summed E-state index contributed by atoms with van der Waals surface area (Å²) in [6, 6.07) is 7.87. The molecule has 1 amide bonds. The molecule has 0 aliphatic rings. The summed E-state index contributed by atoms with van der Waals surface area (Å²) >= 11 is 0. The number of aryl methyl sites for hydroxylation is 1. The quantitative estimate of drug-likeness (QED) is 0.625. The fourth-order valence-corrected chi connectivity index (χ4v) is 2.34. The Balaban J connectivity index is 2.06. The Bertz CT molecular complexity index is 837. The molecule has 2 aromatic rings. The van der Waals surface area contributed by atoms with Gasteiger partial charge >= 0.3 is 6.18 Å². The summed E-state index contributed by atoms with van der Waals surface area (Å²) in [4.78, 5) is 22.2. The summed E-state index contributed by atoms with van der Waals surface area (Å²) in [5.41, 5.74) is -0.507. The predicted molar refractivity (Wildman–Crippen MR) is 86.6 cm³/mol. The molecule has 2 rings (SSSR count). The number of alkyl halides is 3. The molecule has 1 unspecified atom stereocenters. The summed E-state index contributed by atoms with van der Waals surface area (Å²) < 4.78 is 38.1. The molecule has 2 N–H and O–H groups in total. The minimum atomic E-state index is -4.53.